The lowest BCUT2D eigenvalue weighted by atomic mass is 10.3. The Kier molecular flexibility index (Phi) is 7.84. The molecule has 0 aliphatic heterocycles. The first-order valence-corrected chi connectivity index (χ1v) is 8.99. The van der Waals surface area contributed by atoms with E-state index < -0.39 is 0 Å². The van der Waals surface area contributed by atoms with Crippen molar-refractivity contribution in [3.05, 3.63) is 29.6 Å². The minimum Gasteiger partial charge on any atom is -0.256 e. The van der Waals surface area contributed by atoms with Gasteiger partial charge >= 0.3 is 0 Å². The fourth-order valence-electron chi connectivity index (χ4n) is 1.49. The van der Waals surface area contributed by atoms with E-state index >= 15 is 0 Å². The summed E-state index contributed by atoms with van der Waals surface area (Å²) in [6.45, 7) is 9.05. The molecule has 1 rings (SSSR count). The van der Waals surface area contributed by atoms with Crippen molar-refractivity contribution in [1.82, 2.24) is 4.98 Å². The third-order valence-corrected chi connectivity index (χ3v) is 5.07. The van der Waals surface area contributed by atoms with Gasteiger partial charge in [0.25, 0.3) is 0 Å². The molecule has 0 bridgehead atoms. The van der Waals surface area contributed by atoms with Gasteiger partial charge in [-0.05, 0) is 35.5 Å². The van der Waals surface area contributed by atoms with Gasteiger partial charge in [0.05, 0.1) is 11.4 Å². The molecule has 1 heterocycles. The van der Waals surface area contributed by atoms with Crippen LogP contribution in [0.5, 0.6) is 0 Å². The van der Waals surface area contributed by atoms with Gasteiger partial charge in [0, 0.05) is 11.5 Å². The maximum absolute atomic E-state index is 4.72. The van der Waals surface area contributed by atoms with Crippen LogP contribution in [0.15, 0.2) is 18.2 Å². The number of aromatic nitrogens is 1. The van der Waals surface area contributed by atoms with Gasteiger partial charge in [-0.3, -0.25) is 4.98 Å². The van der Waals surface area contributed by atoms with Crippen molar-refractivity contribution >= 4 is 23.5 Å². The molecule has 18 heavy (non-hydrogen) atoms. The molecule has 0 spiro atoms. The molecule has 0 N–H and O–H groups in total. The number of rotatable bonds is 8. The van der Waals surface area contributed by atoms with E-state index in [1.807, 2.05) is 23.5 Å². The molecule has 1 aromatic heterocycles. The highest BCUT2D eigenvalue weighted by Gasteiger charge is 2.01. The average Bonchev–Trinajstić information content (AvgIpc) is 2.28. The molecule has 0 aromatic carbocycles. The van der Waals surface area contributed by atoms with Crippen molar-refractivity contribution < 1.29 is 0 Å². The monoisotopic (exact) mass is 283 g/mol. The standard InChI is InChI=1S/C15H25NS2/c1-12(2)8-17-10-14-6-5-7-15(16-14)11-18-9-13(3)4/h5-7,12-13H,8-11H2,1-4H3. The number of pyridine rings is 1. The molecule has 0 saturated heterocycles. The molecule has 0 saturated carbocycles. The van der Waals surface area contributed by atoms with Crippen LogP contribution in [0, 0.1) is 11.8 Å². The summed E-state index contributed by atoms with van der Waals surface area (Å²) in [5.41, 5.74) is 2.45. The Morgan fingerprint density at radius 3 is 1.72 bits per heavy atom. The summed E-state index contributed by atoms with van der Waals surface area (Å²) in [5.74, 6) is 6.04. The zero-order valence-corrected chi connectivity index (χ0v) is 13.6. The van der Waals surface area contributed by atoms with Crippen molar-refractivity contribution in [2.24, 2.45) is 11.8 Å². The molecule has 102 valence electrons. The molecule has 0 aliphatic carbocycles. The average molecular weight is 284 g/mol. The van der Waals surface area contributed by atoms with E-state index in [4.69, 9.17) is 4.98 Å². The van der Waals surface area contributed by atoms with Gasteiger partial charge in [-0.25, -0.2) is 0 Å². The van der Waals surface area contributed by atoms with Gasteiger partial charge in [0.2, 0.25) is 0 Å². The van der Waals surface area contributed by atoms with Crippen LogP contribution in [-0.4, -0.2) is 16.5 Å². The van der Waals surface area contributed by atoms with Crippen molar-refractivity contribution in [3.63, 3.8) is 0 Å². The Morgan fingerprint density at radius 1 is 0.889 bits per heavy atom. The zero-order chi connectivity index (χ0) is 13.4. The summed E-state index contributed by atoms with van der Waals surface area (Å²) in [5, 5.41) is 0. The predicted octanol–water partition coefficient (Wildman–Crippen LogP) is 4.86. The van der Waals surface area contributed by atoms with E-state index in [1.165, 1.54) is 22.9 Å². The third-order valence-electron chi connectivity index (χ3n) is 2.27. The smallest absolute Gasteiger partial charge is 0.0506 e. The number of thioether (sulfide) groups is 2. The van der Waals surface area contributed by atoms with Crippen LogP contribution >= 0.6 is 23.5 Å². The lowest BCUT2D eigenvalue weighted by molar-refractivity contribution is 0.750. The highest BCUT2D eigenvalue weighted by Crippen LogP contribution is 2.17. The van der Waals surface area contributed by atoms with Crippen LogP contribution in [0.2, 0.25) is 0 Å². The quantitative estimate of drug-likeness (QED) is 0.676. The SMILES string of the molecule is CC(C)CSCc1cccc(CSCC(C)C)n1. The minimum absolute atomic E-state index is 0.764. The Labute approximate surface area is 121 Å². The van der Waals surface area contributed by atoms with Crippen LogP contribution in [0.1, 0.15) is 39.1 Å². The zero-order valence-electron chi connectivity index (χ0n) is 12.0. The second-order valence-corrected chi connectivity index (χ2v) is 7.50. The van der Waals surface area contributed by atoms with Crippen molar-refractivity contribution in [1.29, 1.82) is 0 Å². The van der Waals surface area contributed by atoms with E-state index in [0.29, 0.717) is 0 Å². The van der Waals surface area contributed by atoms with Gasteiger partial charge in [-0.2, -0.15) is 23.5 Å². The Balaban J connectivity index is 2.36. The Morgan fingerprint density at radius 2 is 1.33 bits per heavy atom. The third kappa shape index (κ3) is 7.32. The summed E-state index contributed by atoms with van der Waals surface area (Å²) in [6, 6.07) is 6.43. The molecule has 0 radical (unpaired) electrons. The van der Waals surface area contributed by atoms with E-state index in [1.54, 1.807) is 0 Å². The molecule has 1 nitrogen and oxygen atoms in total. The lowest BCUT2D eigenvalue weighted by Gasteiger charge is -2.07. The first-order valence-electron chi connectivity index (χ1n) is 6.68. The topological polar surface area (TPSA) is 12.9 Å². The van der Waals surface area contributed by atoms with Crippen LogP contribution in [-0.2, 0) is 11.5 Å². The predicted molar refractivity (Wildman–Crippen MR) is 86.2 cm³/mol. The fraction of sp³-hybridized carbons (Fsp3) is 0.667. The van der Waals surface area contributed by atoms with E-state index in [2.05, 4.69) is 45.9 Å². The van der Waals surface area contributed by atoms with Gasteiger partial charge in [0.15, 0.2) is 0 Å². The van der Waals surface area contributed by atoms with Crippen LogP contribution < -0.4 is 0 Å². The largest absolute Gasteiger partial charge is 0.256 e. The van der Waals surface area contributed by atoms with Crippen molar-refractivity contribution in [2.45, 2.75) is 39.2 Å². The van der Waals surface area contributed by atoms with Gasteiger partial charge < -0.3 is 0 Å². The summed E-state index contributed by atoms with van der Waals surface area (Å²) >= 11 is 3.97. The second kappa shape index (κ2) is 8.87. The molecule has 0 atom stereocenters. The summed E-state index contributed by atoms with van der Waals surface area (Å²) in [7, 11) is 0. The Hall–Kier alpha value is -0.150. The van der Waals surface area contributed by atoms with E-state index in [9.17, 15) is 0 Å². The number of nitrogens with zero attached hydrogens (tertiary/aromatic N) is 1. The maximum atomic E-state index is 4.72. The van der Waals surface area contributed by atoms with E-state index in [0.717, 1.165) is 23.3 Å². The number of hydrogen-bond donors (Lipinski definition) is 0. The molecule has 0 unspecified atom stereocenters. The molecule has 1 aromatic rings. The highest BCUT2D eigenvalue weighted by molar-refractivity contribution is 7.98. The Bertz CT molecular complexity index is 308. The van der Waals surface area contributed by atoms with E-state index in [-0.39, 0.29) is 0 Å². The maximum Gasteiger partial charge on any atom is 0.0506 e. The molecular weight excluding hydrogens is 258 g/mol. The molecule has 0 amide bonds. The highest BCUT2D eigenvalue weighted by atomic mass is 32.2. The normalized spacial score (nSPS) is 11.4. The lowest BCUT2D eigenvalue weighted by Crippen LogP contribution is -1.97. The van der Waals surface area contributed by atoms with Gasteiger partial charge in [-0.1, -0.05) is 33.8 Å². The van der Waals surface area contributed by atoms with Crippen LogP contribution in [0.3, 0.4) is 0 Å². The van der Waals surface area contributed by atoms with Crippen molar-refractivity contribution in [3.8, 4) is 0 Å². The second-order valence-electron chi connectivity index (χ2n) is 5.44. The first-order chi connectivity index (χ1) is 8.58. The molecule has 0 aliphatic rings. The van der Waals surface area contributed by atoms with Crippen LogP contribution in [0.25, 0.3) is 0 Å². The molecular formula is C15H25NS2. The summed E-state index contributed by atoms with van der Waals surface area (Å²) in [6.07, 6.45) is 0. The number of hydrogen-bond acceptors (Lipinski definition) is 3. The summed E-state index contributed by atoms with van der Waals surface area (Å²) in [4.78, 5) is 4.72. The van der Waals surface area contributed by atoms with Gasteiger partial charge in [0.1, 0.15) is 0 Å². The van der Waals surface area contributed by atoms with Crippen molar-refractivity contribution in [2.75, 3.05) is 11.5 Å². The van der Waals surface area contributed by atoms with Crippen LogP contribution in [0.4, 0.5) is 0 Å². The first kappa shape index (κ1) is 15.9. The molecule has 0 fully saturated rings. The molecule has 3 heteroatoms. The fourth-order valence-corrected chi connectivity index (χ4v) is 3.41. The summed E-state index contributed by atoms with van der Waals surface area (Å²) < 4.78 is 0. The minimum atomic E-state index is 0.764. The van der Waals surface area contributed by atoms with Gasteiger partial charge in [-0.15, -0.1) is 0 Å².